The maximum atomic E-state index is 12.6. The summed E-state index contributed by atoms with van der Waals surface area (Å²) in [4.78, 5) is 38.4. The standard InChI is InChI=1S/C20H29N3O3/c1-13(2)18(21)20(26)22-12-17(24)23-10-8-16(9-11-23)19(25)15-6-4-14(3)5-7-15/h4-7,13,16,18H,8-12,21H2,1-3H3,(H,22,26)/t18-/m0/s1. The molecule has 0 bridgehead atoms. The van der Waals surface area contributed by atoms with E-state index in [1.54, 1.807) is 4.90 Å². The van der Waals surface area contributed by atoms with Crippen LogP contribution in [0.2, 0.25) is 0 Å². The normalized spacial score (nSPS) is 16.4. The Hall–Kier alpha value is -2.21. The highest BCUT2D eigenvalue weighted by atomic mass is 16.2. The summed E-state index contributed by atoms with van der Waals surface area (Å²) in [6.07, 6.45) is 1.30. The van der Waals surface area contributed by atoms with Gasteiger partial charge < -0.3 is 16.0 Å². The van der Waals surface area contributed by atoms with Crippen LogP contribution in [-0.2, 0) is 9.59 Å². The molecular formula is C20H29N3O3. The van der Waals surface area contributed by atoms with Crippen molar-refractivity contribution in [3.8, 4) is 0 Å². The van der Waals surface area contributed by atoms with Gasteiger partial charge in [0, 0.05) is 24.6 Å². The number of likely N-dealkylation sites (tertiary alicyclic amines) is 1. The first-order chi connectivity index (χ1) is 12.3. The van der Waals surface area contributed by atoms with E-state index in [-0.39, 0.29) is 36.0 Å². The number of carbonyl (C=O) groups excluding carboxylic acids is 3. The first kappa shape index (κ1) is 20.1. The SMILES string of the molecule is Cc1ccc(C(=O)C2CCN(C(=O)CNC(=O)[C@@H](N)C(C)C)CC2)cc1. The zero-order valence-corrected chi connectivity index (χ0v) is 15.8. The van der Waals surface area contributed by atoms with E-state index < -0.39 is 6.04 Å². The summed E-state index contributed by atoms with van der Waals surface area (Å²) in [6.45, 7) is 6.74. The molecule has 6 heteroatoms. The number of hydrogen-bond acceptors (Lipinski definition) is 4. The molecule has 1 aromatic rings. The van der Waals surface area contributed by atoms with Crippen molar-refractivity contribution < 1.29 is 14.4 Å². The van der Waals surface area contributed by atoms with Crippen LogP contribution in [0.3, 0.4) is 0 Å². The van der Waals surface area contributed by atoms with Crippen LogP contribution in [0.5, 0.6) is 0 Å². The average Bonchev–Trinajstić information content (AvgIpc) is 2.65. The van der Waals surface area contributed by atoms with Gasteiger partial charge >= 0.3 is 0 Å². The van der Waals surface area contributed by atoms with Gasteiger partial charge in [0.25, 0.3) is 0 Å². The van der Waals surface area contributed by atoms with E-state index in [9.17, 15) is 14.4 Å². The molecular weight excluding hydrogens is 330 g/mol. The van der Waals surface area contributed by atoms with E-state index in [1.165, 1.54) is 0 Å². The number of carbonyl (C=O) groups is 3. The molecule has 1 heterocycles. The lowest BCUT2D eigenvalue weighted by Gasteiger charge is -2.31. The molecule has 1 aromatic carbocycles. The predicted octanol–water partition coefficient (Wildman–Crippen LogP) is 1.52. The first-order valence-corrected chi connectivity index (χ1v) is 9.21. The molecule has 0 aliphatic carbocycles. The summed E-state index contributed by atoms with van der Waals surface area (Å²) >= 11 is 0. The Morgan fingerprint density at radius 2 is 1.73 bits per heavy atom. The molecule has 6 nitrogen and oxygen atoms in total. The minimum atomic E-state index is -0.610. The zero-order valence-electron chi connectivity index (χ0n) is 15.8. The molecule has 1 aliphatic heterocycles. The fourth-order valence-corrected chi connectivity index (χ4v) is 3.04. The van der Waals surface area contributed by atoms with Crippen LogP contribution in [0.15, 0.2) is 24.3 Å². The van der Waals surface area contributed by atoms with E-state index in [0.717, 1.165) is 11.1 Å². The average molecular weight is 359 g/mol. The summed E-state index contributed by atoms with van der Waals surface area (Å²) in [7, 11) is 0. The minimum Gasteiger partial charge on any atom is -0.346 e. The smallest absolute Gasteiger partial charge is 0.241 e. The number of amides is 2. The van der Waals surface area contributed by atoms with Crippen molar-refractivity contribution in [3.63, 3.8) is 0 Å². The first-order valence-electron chi connectivity index (χ1n) is 9.21. The molecule has 1 aliphatic rings. The number of rotatable bonds is 6. The van der Waals surface area contributed by atoms with Gasteiger partial charge in [-0.3, -0.25) is 14.4 Å². The molecule has 142 valence electrons. The lowest BCUT2D eigenvalue weighted by atomic mass is 9.88. The number of benzene rings is 1. The highest BCUT2D eigenvalue weighted by molar-refractivity contribution is 5.98. The van der Waals surface area contributed by atoms with E-state index in [4.69, 9.17) is 5.73 Å². The van der Waals surface area contributed by atoms with Crippen molar-refractivity contribution in [2.75, 3.05) is 19.6 Å². The number of Topliss-reactive ketones (excluding diaryl/α,β-unsaturated/α-hetero) is 1. The van der Waals surface area contributed by atoms with Crippen LogP contribution in [0.4, 0.5) is 0 Å². The van der Waals surface area contributed by atoms with Crippen molar-refractivity contribution in [3.05, 3.63) is 35.4 Å². The summed E-state index contributed by atoms with van der Waals surface area (Å²) in [5.41, 5.74) is 7.62. The molecule has 1 fully saturated rings. The molecule has 0 aromatic heterocycles. The quantitative estimate of drug-likeness (QED) is 0.753. The van der Waals surface area contributed by atoms with Gasteiger partial charge in [-0.25, -0.2) is 0 Å². The Kier molecular flexibility index (Phi) is 6.91. The van der Waals surface area contributed by atoms with Gasteiger partial charge in [-0.15, -0.1) is 0 Å². The number of nitrogens with one attached hydrogen (secondary N) is 1. The highest BCUT2D eigenvalue weighted by Crippen LogP contribution is 2.22. The van der Waals surface area contributed by atoms with Crippen molar-refractivity contribution >= 4 is 17.6 Å². The zero-order chi connectivity index (χ0) is 19.3. The predicted molar refractivity (Wildman–Crippen MR) is 101 cm³/mol. The molecule has 1 saturated heterocycles. The maximum Gasteiger partial charge on any atom is 0.241 e. The summed E-state index contributed by atoms with van der Waals surface area (Å²) < 4.78 is 0. The van der Waals surface area contributed by atoms with Gasteiger partial charge in [0.1, 0.15) is 0 Å². The molecule has 2 amide bonds. The molecule has 0 unspecified atom stereocenters. The van der Waals surface area contributed by atoms with Crippen LogP contribution in [0.1, 0.15) is 42.6 Å². The number of piperidine rings is 1. The maximum absolute atomic E-state index is 12.6. The number of nitrogens with zero attached hydrogens (tertiary/aromatic N) is 1. The lowest BCUT2D eigenvalue weighted by molar-refractivity contribution is -0.134. The molecule has 0 saturated carbocycles. The fraction of sp³-hybridized carbons (Fsp3) is 0.550. The molecule has 26 heavy (non-hydrogen) atoms. The van der Waals surface area contributed by atoms with Crippen LogP contribution in [-0.4, -0.2) is 48.2 Å². The molecule has 0 spiro atoms. The number of ketones is 1. The van der Waals surface area contributed by atoms with Crippen molar-refractivity contribution in [1.29, 1.82) is 0 Å². The Morgan fingerprint density at radius 1 is 1.15 bits per heavy atom. The number of aryl methyl sites for hydroxylation is 1. The Labute approximate surface area is 155 Å². The number of nitrogens with two attached hydrogens (primary N) is 1. The van der Waals surface area contributed by atoms with Crippen molar-refractivity contribution in [2.24, 2.45) is 17.6 Å². The van der Waals surface area contributed by atoms with Crippen LogP contribution in [0.25, 0.3) is 0 Å². The Morgan fingerprint density at radius 3 is 2.27 bits per heavy atom. The number of hydrogen-bond donors (Lipinski definition) is 2. The van der Waals surface area contributed by atoms with Crippen LogP contribution < -0.4 is 11.1 Å². The third-order valence-corrected chi connectivity index (χ3v) is 4.99. The summed E-state index contributed by atoms with van der Waals surface area (Å²) in [5, 5.41) is 2.60. The van der Waals surface area contributed by atoms with Gasteiger partial charge in [0.05, 0.1) is 12.6 Å². The second kappa shape index (κ2) is 8.94. The van der Waals surface area contributed by atoms with E-state index in [0.29, 0.717) is 25.9 Å². The Balaban J connectivity index is 1.80. The van der Waals surface area contributed by atoms with E-state index >= 15 is 0 Å². The topological polar surface area (TPSA) is 92.5 Å². The van der Waals surface area contributed by atoms with Gasteiger partial charge in [-0.05, 0) is 25.7 Å². The van der Waals surface area contributed by atoms with Gasteiger partial charge in [0.15, 0.2) is 5.78 Å². The minimum absolute atomic E-state index is 0.0219. The van der Waals surface area contributed by atoms with E-state index in [2.05, 4.69) is 5.32 Å². The van der Waals surface area contributed by atoms with Crippen molar-refractivity contribution in [1.82, 2.24) is 10.2 Å². The second-order valence-corrected chi connectivity index (χ2v) is 7.37. The molecule has 0 radical (unpaired) electrons. The third-order valence-electron chi connectivity index (χ3n) is 4.99. The van der Waals surface area contributed by atoms with E-state index in [1.807, 2.05) is 45.0 Å². The highest BCUT2D eigenvalue weighted by Gasteiger charge is 2.28. The fourth-order valence-electron chi connectivity index (χ4n) is 3.04. The molecule has 3 N–H and O–H groups in total. The van der Waals surface area contributed by atoms with Crippen molar-refractivity contribution in [2.45, 2.75) is 39.7 Å². The van der Waals surface area contributed by atoms with Gasteiger partial charge in [-0.1, -0.05) is 43.7 Å². The third kappa shape index (κ3) is 5.14. The lowest BCUT2D eigenvalue weighted by Crippen LogP contribution is -2.49. The molecule has 1 atom stereocenters. The monoisotopic (exact) mass is 359 g/mol. The summed E-state index contributed by atoms with van der Waals surface area (Å²) in [5.74, 6) is -0.319. The van der Waals surface area contributed by atoms with Gasteiger partial charge in [-0.2, -0.15) is 0 Å². The van der Waals surface area contributed by atoms with Gasteiger partial charge in [0.2, 0.25) is 11.8 Å². The second-order valence-electron chi connectivity index (χ2n) is 7.37. The Bertz CT molecular complexity index is 647. The molecule has 2 rings (SSSR count). The van der Waals surface area contributed by atoms with Crippen LogP contribution in [0, 0.1) is 18.8 Å². The summed E-state index contributed by atoms with van der Waals surface area (Å²) in [6, 6.07) is 7.00. The van der Waals surface area contributed by atoms with Crippen LogP contribution >= 0.6 is 0 Å². The largest absolute Gasteiger partial charge is 0.346 e.